The fourth-order valence-corrected chi connectivity index (χ4v) is 3.18. The summed E-state index contributed by atoms with van der Waals surface area (Å²) in [7, 11) is 0. The number of carbonyl (C=O) groups is 1. The molecule has 3 rings (SSSR count). The lowest BCUT2D eigenvalue weighted by atomic mass is 10.0. The molecule has 1 atom stereocenters. The smallest absolute Gasteiger partial charge is 0.279 e. The highest BCUT2D eigenvalue weighted by atomic mass is 35.5. The Balaban J connectivity index is 1.70. The molecule has 0 fully saturated rings. The summed E-state index contributed by atoms with van der Waals surface area (Å²) in [5.74, 6) is 0.564. The predicted molar refractivity (Wildman–Crippen MR) is 104 cm³/mol. The molecule has 7 heteroatoms. The Kier molecular flexibility index (Phi) is 6.22. The van der Waals surface area contributed by atoms with Gasteiger partial charge in [0.2, 0.25) is 0 Å². The lowest BCUT2D eigenvalue weighted by Crippen LogP contribution is -2.87. The maximum absolute atomic E-state index is 12.4. The zero-order valence-corrected chi connectivity index (χ0v) is 15.9. The summed E-state index contributed by atoms with van der Waals surface area (Å²) < 4.78 is 5.53. The molecule has 0 saturated heterocycles. The van der Waals surface area contributed by atoms with E-state index in [1.54, 1.807) is 6.26 Å². The van der Waals surface area contributed by atoms with Crippen molar-refractivity contribution in [2.75, 3.05) is 11.9 Å². The molecule has 0 spiro atoms. The van der Waals surface area contributed by atoms with E-state index in [0.29, 0.717) is 20.8 Å². The first-order valence-electron chi connectivity index (χ1n) is 7.90. The van der Waals surface area contributed by atoms with Gasteiger partial charge in [0.1, 0.15) is 0 Å². The van der Waals surface area contributed by atoms with Crippen molar-refractivity contribution >= 4 is 46.4 Å². The number of halogens is 3. The van der Waals surface area contributed by atoms with Crippen LogP contribution in [-0.4, -0.2) is 12.5 Å². The fraction of sp³-hybridized carbons (Fsp3) is 0.105. The van der Waals surface area contributed by atoms with Gasteiger partial charge in [0.05, 0.1) is 27.0 Å². The van der Waals surface area contributed by atoms with Crippen LogP contribution in [0.4, 0.5) is 5.69 Å². The third-order valence-corrected chi connectivity index (χ3v) is 4.87. The Morgan fingerprint density at radius 1 is 1.00 bits per heavy atom. The first kappa shape index (κ1) is 18.8. The largest absolute Gasteiger partial charge is 0.463 e. The van der Waals surface area contributed by atoms with Crippen LogP contribution >= 0.6 is 34.8 Å². The molecule has 4 nitrogen and oxygen atoms in total. The summed E-state index contributed by atoms with van der Waals surface area (Å²) >= 11 is 18.0. The van der Waals surface area contributed by atoms with Crippen molar-refractivity contribution in [3.63, 3.8) is 0 Å². The van der Waals surface area contributed by atoms with E-state index in [-0.39, 0.29) is 18.5 Å². The van der Waals surface area contributed by atoms with Crippen LogP contribution in [0.1, 0.15) is 17.4 Å². The highest BCUT2D eigenvalue weighted by Crippen LogP contribution is 2.32. The number of anilines is 1. The normalized spacial score (nSPS) is 12.0. The molecule has 0 bridgehead atoms. The van der Waals surface area contributed by atoms with E-state index >= 15 is 0 Å². The predicted octanol–water partition coefficient (Wildman–Crippen LogP) is 4.53. The first-order chi connectivity index (χ1) is 12.5. The Morgan fingerprint density at radius 2 is 1.73 bits per heavy atom. The van der Waals surface area contributed by atoms with E-state index in [4.69, 9.17) is 39.2 Å². The molecule has 1 aromatic heterocycles. The average molecular weight is 411 g/mol. The van der Waals surface area contributed by atoms with Gasteiger partial charge in [-0.05, 0) is 24.3 Å². The zero-order chi connectivity index (χ0) is 18.5. The van der Waals surface area contributed by atoms with Crippen molar-refractivity contribution in [2.24, 2.45) is 0 Å². The van der Waals surface area contributed by atoms with Crippen molar-refractivity contribution in [2.45, 2.75) is 6.04 Å². The summed E-state index contributed by atoms with van der Waals surface area (Å²) in [5.41, 5.74) is 1.47. The topological polar surface area (TPSA) is 58.9 Å². The molecule has 3 aromatic rings. The third-order valence-electron chi connectivity index (χ3n) is 3.83. The molecule has 134 valence electrons. The fourth-order valence-electron chi connectivity index (χ4n) is 2.59. The Morgan fingerprint density at radius 3 is 2.42 bits per heavy atom. The van der Waals surface area contributed by atoms with Gasteiger partial charge < -0.3 is 15.1 Å². The summed E-state index contributed by atoms with van der Waals surface area (Å²) in [6.45, 7) is 0.177. The van der Waals surface area contributed by atoms with Gasteiger partial charge in [-0.3, -0.25) is 4.79 Å². The number of rotatable bonds is 6. The Hall–Kier alpha value is -1.98. The van der Waals surface area contributed by atoms with Crippen LogP contribution in [0.2, 0.25) is 15.1 Å². The minimum atomic E-state index is -0.210. The van der Waals surface area contributed by atoms with Crippen LogP contribution in [0, 0.1) is 0 Å². The second-order valence-electron chi connectivity index (χ2n) is 5.64. The zero-order valence-electron chi connectivity index (χ0n) is 13.6. The standard InChI is InChI=1S/C19H15Cl3N2O2/c20-13-9-15(22)16(10-14(13)21)24-18(25)11-23-19(17-7-4-8-26-17)12-5-2-1-3-6-12/h1-10,19,23H,11H2,(H,24,25)/p+1/t19-/m0/s1. The van der Waals surface area contributed by atoms with Crippen LogP contribution in [0.5, 0.6) is 0 Å². The quantitative estimate of drug-likeness (QED) is 0.587. The number of hydrogen-bond acceptors (Lipinski definition) is 2. The van der Waals surface area contributed by atoms with Crippen molar-refractivity contribution in [3.8, 4) is 0 Å². The molecule has 1 amide bonds. The number of carbonyl (C=O) groups excluding carboxylic acids is 1. The summed E-state index contributed by atoms with van der Waals surface area (Å²) in [6.07, 6.45) is 1.62. The van der Waals surface area contributed by atoms with Crippen LogP contribution in [0.3, 0.4) is 0 Å². The summed E-state index contributed by atoms with van der Waals surface area (Å²) in [6, 6.07) is 16.5. The van der Waals surface area contributed by atoms with E-state index in [1.165, 1.54) is 12.1 Å². The molecule has 0 saturated carbocycles. The van der Waals surface area contributed by atoms with E-state index in [1.807, 2.05) is 47.8 Å². The van der Waals surface area contributed by atoms with E-state index in [2.05, 4.69) is 5.32 Å². The molecular weight excluding hydrogens is 395 g/mol. The number of nitrogens with two attached hydrogens (primary N) is 1. The lowest BCUT2D eigenvalue weighted by Gasteiger charge is -2.14. The third kappa shape index (κ3) is 4.59. The van der Waals surface area contributed by atoms with Gasteiger partial charge in [-0.2, -0.15) is 0 Å². The van der Waals surface area contributed by atoms with Gasteiger partial charge in [-0.15, -0.1) is 0 Å². The Labute approximate surface area is 166 Å². The van der Waals surface area contributed by atoms with Gasteiger partial charge >= 0.3 is 0 Å². The summed E-state index contributed by atoms with van der Waals surface area (Å²) in [5, 5.41) is 5.65. The monoisotopic (exact) mass is 409 g/mol. The van der Waals surface area contributed by atoms with Gasteiger partial charge in [-0.1, -0.05) is 65.1 Å². The van der Waals surface area contributed by atoms with Gasteiger partial charge in [0.15, 0.2) is 18.3 Å². The van der Waals surface area contributed by atoms with Crippen molar-refractivity contribution < 1.29 is 14.5 Å². The van der Waals surface area contributed by atoms with Crippen LogP contribution in [0.15, 0.2) is 65.3 Å². The van der Waals surface area contributed by atoms with Gasteiger partial charge in [-0.25, -0.2) is 0 Å². The maximum atomic E-state index is 12.4. The van der Waals surface area contributed by atoms with Crippen molar-refractivity contribution in [1.82, 2.24) is 0 Å². The average Bonchev–Trinajstić information content (AvgIpc) is 3.15. The molecule has 26 heavy (non-hydrogen) atoms. The highest BCUT2D eigenvalue weighted by molar-refractivity contribution is 6.44. The van der Waals surface area contributed by atoms with Crippen LogP contribution in [-0.2, 0) is 4.79 Å². The van der Waals surface area contributed by atoms with Crippen LogP contribution in [0.25, 0.3) is 0 Å². The molecular formula is C19H16Cl3N2O2+. The van der Waals surface area contributed by atoms with E-state index in [9.17, 15) is 4.79 Å². The number of hydrogen-bond donors (Lipinski definition) is 2. The molecule has 0 radical (unpaired) electrons. The lowest BCUT2D eigenvalue weighted by molar-refractivity contribution is -0.678. The van der Waals surface area contributed by atoms with Crippen molar-refractivity contribution in [1.29, 1.82) is 0 Å². The van der Waals surface area contributed by atoms with E-state index < -0.39 is 0 Å². The molecule has 2 aromatic carbocycles. The second kappa shape index (κ2) is 8.60. The maximum Gasteiger partial charge on any atom is 0.279 e. The number of nitrogens with one attached hydrogen (secondary N) is 1. The van der Waals surface area contributed by atoms with Gasteiger partial charge in [0, 0.05) is 5.56 Å². The number of furan rings is 1. The SMILES string of the molecule is O=C(C[NH2+][C@@H](c1ccccc1)c1ccco1)Nc1cc(Cl)c(Cl)cc1Cl. The molecule has 3 N–H and O–H groups in total. The second-order valence-corrected chi connectivity index (χ2v) is 6.86. The number of quaternary nitrogens is 1. The molecule has 0 aliphatic rings. The number of benzene rings is 2. The van der Waals surface area contributed by atoms with Crippen molar-refractivity contribution in [3.05, 3.63) is 87.3 Å². The number of amides is 1. The highest BCUT2D eigenvalue weighted by Gasteiger charge is 2.21. The minimum Gasteiger partial charge on any atom is -0.463 e. The van der Waals surface area contributed by atoms with Crippen LogP contribution < -0.4 is 10.6 Å². The first-order valence-corrected chi connectivity index (χ1v) is 9.04. The molecule has 0 unspecified atom stereocenters. The summed E-state index contributed by atoms with van der Waals surface area (Å²) in [4.78, 5) is 12.4. The molecule has 0 aliphatic heterocycles. The minimum absolute atomic E-state index is 0.124. The van der Waals surface area contributed by atoms with Gasteiger partial charge in [0.25, 0.3) is 5.91 Å². The molecule has 1 heterocycles. The molecule has 0 aliphatic carbocycles. The van der Waals surface area contributed by atoms with E-state index in [0.717, 1.165) is 11.3 Å². The Bertz CT molecular complexity index is 883.